The fraction of sp³-hybridized carbons (Fsp3) is 0.462. The third-order valence-electron chi connectivity index (χ3n) is 6.64. The molecule has 2 unspecified atom stereocenters. The van der Waals surface area contributed by atoms with Gasteiger partial charge in [-0.1, -0.05) is 31.0 Å². The van der Waals surface area contributed by atoms with E-state index in [0.29, 0.717) is 18.6 Å². The number of hydrogen-bond acceptors (Lipinski definition) is 4. The Kier molecular flexibility index (Phi) is 6.98. The van der Waals surface area contributed by atoms with E-state index < -0.39 is 6.04 Å². The van der Waals surface area contributed by atoms with Crippen LogP contribution >= 0.6 is 0 Å². The Bertz CT molecular complexity index is 935. The summed E-state index contributed by atoms with van der Waals surface area (Å²) < 4.78 is 11.0. The van der Waals surface area contributed by atoms with E-state index in [1.54, 1.807) is 19.1 Å². The molecule has 2 aromatic rings. The molecule has 2 fully saturated rings. The normalized spacial score (nSPS) is 21.8. The van der Waals surface area contributed by atoms with E-state index in [9.17, 15) is 9.59 Å². The molecule has 2 aliphatic heterocycles. The number of anilines is 1. The number of rotatable bonds is 5. The standard InChI is InChI=1S/C26H32N2O4/c1-31-20-13-11-19(12-14-20)28-24(29)16-15-22(26(30)27-17-7-3-4-8-18-27)25(28)21-9-5-6-10-23(21)32-2/h5-6,9-14,22,25H,3-4,7-8,15-18H2,1-2H3. The summed E-state index contributed by atoms with van der Waals surface area (Å²) in [5.74, 6) is 1.27. The molecule has 6 heteroatoms. The van der Waals surface area contributed by atoms with Gasteiger partial charge in [0.1, 0.15) is 11.5 Å². The lowest BCUT2D eigenvalue weighted by Gasteiger charge is -2.42. The van der Waals surface area contributed by atoms with Gasteiger partial charge in [0, 0.05) is 30.8 Å². The second-order valence-corrected chi connectivity index (χ2v) is 8.53. The number of nitrogens with zero attached hydrogens (tertiary/aromatic N) is 2. The van der Waals surface area contributed by atoms with Crippen molar-refractivity contribution in [2.75, 3.05) is 32.2 Å². The first-order valence-electron chi connectivity index (χ1n) is 11.5. The van der Waals surface area contributed by atoms with Crippen molar-refractivity contribution in [2.24, 2.45) is 5.92 Å². The molecule has 0 N–H and O–H groups in total. The largest absolute Gasteiger partial charge is 0.497 e. The summed E-state index contributed by atoms with van der Waals surface area (Å²) in [6.45, 7) is 1.59. The van der Waals surface area contributed by atoms with Gasteiger partial charge >= 0.3 is 0 Å². The summed E-state index contributed by atoms with van der Waals surface area (Å²) in [6.07, 6.45) is 5.31. The third kappa shape index (κ3) is 4.45. The molecule has 0 spiro atoms. The minimum absolute atomic E-state index is 0.0194. The molecule has 2 amide bonds. The molecule has 0 saturated carbocycles. The molecule has 0 aliphatic carbocycles. The number of methoxy groups -OCH3 is 2. The Morgan fingerprint density at radius 2 is 1.59 bits per heavy atom. The van der Waals surface area contributed by atoms with Gasteiger partial charge in [0.05, 0.1) is 26.2 Å². The molecule has 2 aliphatic rings. The van der Waals surface area contributed by atoms with Crippen LogP contribution < -0.4 is 14.4 Å². The molecule has 6 nitrogen and oxygen atoms in total. The van der Waals surface area contributed by atoms with Crippen molar-refractivity contribution in [1.82, 2.24) is 4.90 Å². The molecule has 2 heterocycles. The number of hydrogen-bond donors (Lipinski definition) is 0. The van der Waals surface area contributed by atoms with Crippen molar-refractivity contribution < 1.29 is 19.1 Å². The SMILES string of the molecule is COc1ccc(N2C(=O)CCC(C(=O)N3CCCCCC3)C2c2ccccc2OC)cc1. The number of amides is 2. The van der Waals surface area contributed by atoms with E-state index in [4.69, 9.17) is 9.47 Å². The fourth-order valence-electron chi connectivity index (χ4n) is 4.99. The highest BCUT2D eigenvalue weighted by Gasteiger charge is 2.44. The van der Waals surface area contributed by atoms with Crippen molar-refractivity contribution in [3.63, 3.8) is 0 Å². The Balaban J connectivity index is 1.77. The van der Waals surface area contributed by atoms with Gasteiger partial charge in [-0.2, -0.15) is 0 Å². The monoisotopic (exact) mass is 436 g/mol. The molecule has 4 rings (SSSR count). The van der Waals surface area contributed by atoms with Gasteiger partial charge in [-0.3, -0.25) is 9.59 Å². The van der Waals surface area contributed by atoms with Crippen LogP contribution in [0.15, 0.2) is 48.5 Å². The van der Waals surface area contributed by atoms with Crippen LogP contribution in [0.4, 0.5) is 5.69 Å². The number of para-hydroxylation sites is 1. The maximum Gasteiger partial charge on any atom is 0.228 e. The van der Waals surface area contributed by atoms with Gasteiger partial charge < -0.3 is 19.3 Å². The molecule has 32 heavy (non-hydrogen) atoms. The molecule has 0 aromatic heterocycles. The average Bonchev–Trinajstić information content (AvgIpc) is 3.13. The van der Waals surface area contributed by atoms with E-state index in [0.717, 1.165) is 42.9 Å². The minimum atomic E-state index is -0.420. The first-order valence-corrected chi connectivity index (χ1v) is 11.5. The summed E-state index contributed by atoms with van der Waals surface area (Å²) >= 11 is 0. The number of carbonyl (C=O) groups is 2. The van der Waals surface area contributed by atoms with Gasteiger partial charge in [-0.15, -0.1) is 0 Å². The topological polar surface area (TPSA) is 59.1 Å². The average molecular weight is 437 g/mol. The van der Waals surface area contributed by atoms with Gasteiger partial charge in [0.15, 0.2) is 0 Å². The maximum absolute atomic E-state index is 13.8. The second-order valence-electron chi connectivity index (χ2n) is 8.53. The summed E-state index contributed by atoms with van der Waals surface area (Å²) in [7, 11) is 3.25. The van der Waals surface area contributed by atoms with Crippen LogP contribution in [0.5, 0.6) is 11.5 Å². The molecule has 2 saturated heterocycles. The summed E-state index contributed by atoms with van der Waals surface area (Å²) in [5, 5.41) is 0. The van der Waals surface area contributed by atoms with Crippen LogP contribution in [0.25, 0.3) is 0 Å². The second kappa shape index (κ2) is 10.1. The number of benzene rings is 2. The van der Waals surface area contributed by atoms with Crippen molar-refractivity contribution in [3.05, 3.63) is 54.1 Å². The minimum Gasteiger partial charge on any atom is -0.497 e. The lowest BCUT2D eigenvalue weighted by atomic mass is 9.82. The van der Waals surface area contributed by atoms with E-state index in [1.807, 2.05) is 53.4 Å². The predicted molar refractivity (Wildman–Crippen MR) is 124 cm³/mol. The van der Waals surface area contributed by atoms with Gasteiger partial charge in [-0.05, 0) is 49.6 Å². The fourth-order valence-corrected chi connectivity index (χ4v) is 4.99. The van der Waals surface area contributed by atoms with E-state index in [1.165, 1.54) is 12.8 Å². The number of carbonyl (C=O) groups excluding carboxylic acids is 2. The van der Waals surface area contributed by atoms with Crippen LogP contribution in [0.2, 0.25) is 0 Å². The quantitative estimate of drug-likeness (QED) is 0.688. The van der Waals surface area contributed by atoms with Gasteiger partial charge in [0.25, 0.3) is 0 Å². The zero-order chi connectivity index (χ0) is 22.5. The first kappa shape index (κ1) is 22.2. The molecule has 2 aromatic carbocycles. The highest BCUT2D eigenvalue weighted by Crippen LogP contribution is 2.44. The smallest absolute Gasteiger partial charge is 0.228 e. The van der Waals surface area contributed by atoms with Gasteiger partial charge in [-0.25, -0.2) is 0 Å². The van der Waals surface area contributed by atoms with E-state index >= 15 is 0 Å². The summed E-state index contributed by atoms with van der Waals surface area (Å²) in [5.41, 5.74) is 1.63. The molecule has 0 radical (unpaired) electrons. The van der Waals surface area contributed by atoms with E-state index in [2.05, 4.69) is 0 Å². The zero-order valence-electron chi connectivity index (χ0n) is 19.0. The van der Waals surface area contributed by atoms with Crippen LogP contribution in [-0.2, 0) is 9.59 Å². The summed E-state index contributed by atoms with van der Waals surface area (Å²) in [6, 6.07) is 14.8. The lowest BCUT2D eigenvalue weighted by molar-refractivity contribution is -0.138. The highest BCUT2D eigenvalue weighted by molar-refractivity contribution is 5.97. The van der Waals surface area contributed by atoms with Crippen LogP contribution in [0.1, 0.15) is 50.1 Å². The predicted octanol–water partition coefficient (Wildman–Crippen LogP) is 4.59. The van der Waals surface area contributed by atoms with Crippen molar-refractivity contribution in [1.29, 1.82) is 0 Å². The summed E-state index contributed by atoms with van der Waals surface area (Å²) in [4.78, 5) is 30.9. The number of ether oxygens (including phenoxy) is 2. The van der Waals surface area contributed by atoms with Gasteiger partial charge in [0.2, 0.25) is 11.8 Å². The van der Waals surface area contributed by atoms with Crippen molar-refractivity contribution in [3.8, 4) is 11.5 Å². The maximum atomic E-state index is 13.8. The highest BCUT2D eigenvalue weighted by atomic mass is 16.5. The Hall–Kier alpha value is -3.02. The van der Waals surface area contributed by atoms with E-state index in [-0.39, 0.29) is 17.7 Å². The number of likely N-dealkylation sites (tertiary alicyclic amines) is 1. The molecule has 0 bridgehead atoms. The molecular weight excluding hydrogens is 404 g/mol. The molecule has 170 valence electrons. The zero-order valence-corrected chi connectivity index (χ0v) is 19.0. The van der Waals surface area contributed by atoms with Crippen LogP contribution in [0, 0.1) is 5.92 Å². The lowest BCUT2D eigenvalue weighted by Crippen LogP contribution is -2.49. The number of piperidine rings is 1. The Morgan fingerprint density at radius 1 is 0.906 bits per heavy atom. The Morgan fingerprint density at radius 3 is 2.25 bits per heavy atom. The Labute approximate surface area is 190 Å². The van der Waals surface area contributed by atoms with Crippen LogP contribution in [0.3, 0.4) is 0 Å². The first-order chi connectivity index (χ1) is 15.6. The third-order valence-corrected chi connectivity index (χ3v) is 6.64. The van der Waals surface area contributed by atoms with Crippen LogP contribution in [-0.4, -0.2) is 44.0 Å². The molecular formula is C26H32N2O4. The molecule has 2 atom stereocenters. The van der Waals surface area contributed by atoms with Crippen molar-refractivity contribution in [2.45, 2.75) is 44.6 Å². The van der Waals surface area contributed by atoms with Crippen molar-refractivity contribution >= 4 is 17.5 Å².